The van der Waals surface area contributed by atoms with Gasteiger partial charge in [0.05, 0.1) is 4.34 Å². The zero-order valence-electron chi connectivity index (χ0n) is 10.3. The molecule has 1 aliphatic rings. The van der Waals surface area contributed by atoms with Crippen molar-refractivity contribution >= 4 is 33.0 Å². The van der Waals surface area contributed by atoms with Crippen molar-refractivity contribution in [3.05, 3.63) is 16.0 Å². The summed E-state index contributed by atoms with van der Waals surface area (Å²) in [5, 5.41) is 0. The van der Waals surface area contributed by atoms with Gasteiger partial charge >= 0.3 is 0 Å². The van der Waals surface area contributed by atoms with Crippen LogP contribution in [0.3, 0.4) is 0 Å². The number of thiophene rings is 1. The van der Waals surface area contributed by atoms with Crippen molar-refractivity contribution in [2.24, 2.45) is 0 Å². The number of hydrogen-bond donors (Lipinski definition) is 0. The van der Waals surface area contributed by atoms with Gasteiger partial charge in [-0.2, -0.15) is 4.31 Å². The normalized spacial score (nSPS) is 22.9. The average molecular weight is 310 g/mol. The van der Waals surface area contributed by atoms with Crippen LogP contribution in [0, 0.1) is 0 Å². The fraction of sp³-hybridized carbons (Fsp3) is 0.636. The Balaban J connectivity index is 2.27. The molecule has 1 unspecified atom stereocenters. The minimum absolute atomic E-state index is 0.190. The zero-order valence-corrected chi connectivity index (χ0v) is 12.7. The molecular formula is C11H16ClNO3S2. The summed E-state index contributed by atoms with van der Waals surface area (Å²) in [6.07, 6.45) is 0.705. The summed E-state index contributed by atoms with van der Waals surface area (Å²) in [6, 6.07) is 1.77. The molecular weight excluding hydrogens is 294 g/mol. The number of halogens is 1. The summed E-state index contributed by atoms with van der Waals surface area (Å²) in [6.45, 7) is 3.61. The summed E-state index contributed by atoms with van der Waals surface area (Å²) >= 11 is 7.08. The van der Waals surface area contributed by atoms with Gasteiger partial charge in [-0.1, -0.05) is 18.5 Å². The van der Waals surface area contributed by atoms with Gasteiger partial charge in [0.15, 0.2) is 0 Å². The van der Waals surface area contributed by atoms with Crippen LogP contribution in [0.4, 0.5) is 0 Å². The van der Waals surface area contributed by atoms with Crippen LogP contribution >= 0.6 is 22.9 Å². The van der Waals surface area contributed by atoms with E-state index < -0.39 is 10.0 Å². The Bertz CT molecular complexity index is 526. The molecule has 2 heterocycles. The predicted molar refractivity (Wildman–Crippen MR) is 73.0 cm³/mol. The Hall–Kier alpha value is -0.140. The molecule has 0 fully saturated rings. The van der Waals surface area contributed by atoms with Crippen LogP contribution in [-0.4, -0.2) is 39.5 Å². The molecule has 1 atom stereocenters. The molecule has 0 bridgehead atoms. The maximum atomic E-state index is 12.4. The summed E-state index contributed by atoms with van der Waals surface area (Å²) in [4.78, 5) is 0. The van der Waals surface area contributed by atoms with E-state index in [9.17, 15) is 8.42 Å². The van der Waals surface area contributed by atoms with Gasteiger partial charge in [-0.05, 0) is 24.0 Å². The third-order valence-electron chi connectivity index (χ3n) is 3.03. The van der Waals surface area contributed by atoms with E-state index in [1.54, 1.807) is 13.2 Å². The third-order valence-corrected chi connectivity index (χ3v) is 6.71. The van der Waals surface area contributed by atoms with Crippen LogP contribution < -0.4 is 0 Å². The second-order valence-electron chi connectivity index (χ2n) is 4.40. The van der Waals surface area contributed by atoms with Crippen LogP contribution in [0.5, 0.6) is 0 Å². The van der Waals surface area contributed by atoms with Crippen molar-refractivity contribution in [1.29, 1.82) is 0 Å². The standard InChI is InChI=1S/C11H16ClNO3S2/c1-8-7-13(4-3-5-16-2)18(14,15)11-9(8)6-10(12)17-11/h6,8H,3-5,7H2,1-2H3. The number of fused-ring (bicyclic) bond motifs is 1. The van der Waals surface area contributed by atoms with Gasteiger partial charge in [0.25, 0.3) is 10.0 Å². The minimum Gasteiger partial charge on any atom is -0.385 e. The average Bonchev–Trinajstić information content (AvgIpc) is 2.70. The number of ether oxygens (including phenoxy) is 1. The highest BCUT2D eigenvalue weighted by atomic mass is 35.5. The van der Waals surface area contributed by atoms with Gasteiger partial charge in [0, 0.05) is 26.8 Å². The van der Waals surface area contributed by atoms with E-state index in [2.05, 4.69) is 0 Å². The molecule has 0 aliphatic carbocycles. The summed E-state index contributed by atoms with van der Waals surface area (Å²) in [5.74, 6) is 0.190. The van der Waals surface area contributed by atoms with E-state index in [1.165, 1.54) is 4.31 Å². The second kappa shape index (κ2) is 5.46. The quantitative estimate of drug-likeness (QED) is 0.803. The molecule has 4 nitrogen and oxygen atoms in total. The van der Waals surface area contributed by atoms with Crippen molar-refractivity contribution in [2.45, 2.75) is 23.5 Å². The van der Waals surface area contributed by atoms with Crippen LogP contribution in [0.2, 0.25) is 4.34 Å². The lowest BCUT2D eigenvalue weighted by molar-refractivity contribution is 0.186. The van der Waals surface area contributed by atoms with Gasteiger partial charge < -0.3 is 4.74 Å². The first-order chi connectivity index (χ1) is 8.46. The molecule has 0 spiro atoms. The summed E-state index contributed by atoms with van der Waals surface area (Å²) in [7, 11) is -1.75. The van der Waals surface area contributed by atoms with Gasteiger partial charge in [-0.3, -0.25) is 0 Å². The largest absolute Gasteiger partial charge is 0.385 e. The van der Waals surface area contributed by atoms with Gasteiger partial charge in [-0.15, -0.1) is 11.3 Å². The van der Waals surface area contributed by atoms with E-state index in [4.69, 9.17) is 16.3 Å². The van der Waals surface area contributed by atoms with E-state index in [0.717, 1.165) is 16.9 Å². The highest BCUT2D eigenvalue weighted by Gasteiger charge is 2.36. The molecule has 0 N–H and O–H groups in total. The molecule has 0 radical (unpaired) electrons. The predicted octanol–water partition coefficient (Wildman–Crippen LogP) is 2.55. The van der Waals surface area contributed by atoms with Crippen molar-refractivity contribution < 1.29 is 13.2 Å². The molecule has 0 saturated carbocycles. The van der Waals surface area contributed by atoms with Crippen LogP contribution in [0.25, 0.3) is 0 Å². The molecule has 18 heavy (non-hydrogen) atoms. The van der Waals surface area contributed by atoms with E-state index in [0.29, 0.717) is 34.7 Å². The molecule has 0 amide bonds. The van der Waals surface area contributed by atoms with Gasteiger partial charge in [0.1, 0.15) is 4.21 Å². The molecule has 1 aromatic heterocycles. The van der Waals surface area contributed by atoms with Gasteiger partial charge in [0.2, 0.25) is 0 Å². The fourth-order valence-corrected chi connectivity index (χ4v) is 5.93. The molecule has 0 saturated heterocycles. The number of sulfonamides is 1. The smallest absolute Gasteiger partial charge is 0.252 e. The number of hydrogen-bond acceptors (Lipinski definition) is 4. The Morgan fingerprint density at radius 2 is 2.33 bits per heavy atom. The lowest BCUT2D eigenvalue weighted by atomic mass is 10.1. The Labute approximate surface area is 117 Å². The van der Waals surface area contributed by atoms with E-state index in [1.807, 2.05) is 6.92 Å². The first-order valence-electron chi connectivity index (χ1n) is 5.75. The third kappa shape index (κ3) is 2.58. The van der Waals surface area contributed by atoms with E-state index in [-0.39, 0.29) is 5.92 Å². The topological polar surface area (TPSA) is 46.6 Å². The lowest BCUT2D eigenvalue weighted by Crippen LogP contribution is -2.39. The minimum atomic E-state index is -3.36. The van der Waals surface area contributed by atoms with Crippen molar-refractivity contribution in [3.8, 4) is 0 Å². The van der Waals surface area contributed by atoms with Crippen molar-refractivity contribution in [3.63, 3.8) is 0 Å². The number of rotatable bonds is 4. The molecule has 102 valence electrons. The maximum absolute atomic E-state index is 12.4. The zero-order chi connectivity index (χ0) is 13.3. The van der Waals surface area contributed by atoms with Gasteiger partial charge in [-0.25, -0.2) is 8.42 Å². The Kier molecular flexibility index (Phi) is 4.33. The number of methoxy groups -OCH3 is 1. The fourth-order valence-electron chi connectivity index (χ4n) is 2.12. The molecule has 1 aromatic rings. The van der Waals surface area contributed by atoms with Crippen molar-refractivity contribution in [1.82, 2.24) is 4.31 Å². The maximum Gasteiger partial charge on any atom is 0.252 e. The first kappa shape index (κ1) is 14.3. The Morgan fingerprint density at radius 3 is 3.00 bits per heavy atom. The molecule has 2 rings (SSSR count). The number of nitrogens with zero attached hydrogens (tertiary/aromatic N) is 1. The summed E-state index contributed by atoms with van der Waals surface area (Å²) in [5.41, 5.74) is 0.855. The Morgan fingerprint density at radius 1 is 1.61 bits per heavy atom. The molecule has 1 aliphatic heterocycles. The van der Waals surface area contributed by atoms with E-state index >= 15 is 0 Å². The molecule has 7 heteroatoms. The first-order valence-corrected chi connectivity index (χ1v) is 8.38. The van der Waals surface area contributed by atoms with Crippen LogP contribution in [0.15, 0.2) is 10.3 Å². The summed E-state index contributed by atoms with van der Waals surface area (Å²) < 4.78 is 32.2. The van der Waals surface area contributed by atoms with Crippen LogP contribution in [-0.2, 0) is 14.8 Å². The van der Waals surface area contributed by atoms with Crippen LogP contribution in [0.1, 0.15) is 24.8 Å². The second-order valence-corrected chi connectivity index (χ2v) is 8.22. The SMILES string of the molecule is COCCCN1CC(C)c2cc(Cl)sc2S1(=O)=O. The monoisotopic (exact) mass is 309 g/mol. The molecule has 0 aromatic carbocycles. The highest BCUT2D eigenvalue weighted by Crippen LogP contribution is 2.40. The van der Waals surface area contributed by atoms with Crippen molar-refractivity contribution in [2.75, 3.05) is 26.8 Å². The lowest BCUT2D eigenvalue weighted by Gasteiger charge is -2.30. The highest BCUT2D eigenvalue weighted by molar-refractivity contribution is 7.91.